The molecule has 1 fully saturated rings. The van der Waals surface area contributed by atoms with Gasteiger partial charge in [-0.2, -0.15) is 0 Å². The standard InChI is InChI=1S/C15H14ClNO2/c16-14-6-2-3-11-12(14)4-1-5-13(11)15(18)17-7-9-19-10-8-17/h1-6H,7-10H2. The monoisotopic (exact) mass is 275 g/mol. The minimum atomic E-state index is 0.0520. The first kappa shape index (κ1) is 12.5. The topological polar surface area (TPSA) is 29.5 Å². The summed E-state index contributed by atoms with van der Waals surface area (Å²) in [6, 6.07) is 11.3. The minimum absolute atomic E-state index is 0.0520. The highest BCUT2D eigenvalue weighted by atomic mass is 35.5. The quantitative estimate of drug-likeness (QED) is 0.801. The molecular formula is C15H14ClNO2. The molecule has 1 saturated heterocycles. The summed E-state index contributed by atoms with van der Waals surface area (Å²) in [6.45, 7) is 2.51. The predicted octanol–water partition coefficient (Wildman–Crippen LogP) is 2.97. The average Bonchev–Trinajstić information content (AvgIpc) is 2.47. The van der Waals surface area contributed by atoms with Gasteiger partial charge in [-0.05, 0) is 17.5 Å². The van der Waals surface area contributed by atoms with Crippen LogP contribution in [0.4, 0.5) is 0 Å². The Balaban J connectivity index is 2.04. The number of hydrogen-bond acceptors (Lipinski definition) is 2. The number of ether oxygens (including phenoxy) is 1. The third kappa shape index (κ3) is 2.31. The molecule has 0 atom stereocenters. The smallest absolute Gasteiger partial charge is 0.254 e. The Hall–Kier alpha value is -1.58. The molecule has 1 aliphatic rings. The molecule has 0 aromatic heterocycles. The van der Waals surface area contributed by atoms with Gasteiger partial charge in [0.25, 0.3) is 5.91 Å². The fourth-order valence-electron chi connectivity index (χ4n) is 2.39. The molecule has 3 rings (SSSR count). The summed E-state index contributed by atoms with van der Waals surface area (Å²) >= 11 is 6.17. The van der Waals surface area contributed by atoms with Crippen molar-refractivity contribution in [3.8, 4) is 0 Å². The lowest BCUT2D eigenvalue weighted by atomic mass is 10.0. The lowest BCUT2D eigenvalue weighted by Gasteiger charge is -2.27. The van der Waals surface area contributed by atoms with E-state index < -0.39 is 0 Å². The van der Waals surface area contributed by atoms with E-state index in [4.69, 9.17) is 16.3 Å². The van der Waals surface area contributed by atoms with E-state index in [-0.39, 0.29) is 5.91 Å². The molecule has 0 radical (unpaired) electrons. The van der Waals surface area contributed by atoms with Crippen LogP contribution in [0.3, 0.4) is 0 Å². The van der Waals surface area contributed by atoms with Gasteiger partial charge in [0.15, 0.2) is 0 Å². The number of hydrogen-bond donors (Lipinski definition) is 0. The highest BCUT2D eigenvalue weighted by Gasteiger charge is 2.20. The Labute approximate surface area is 116 Å². The van der Waals surface area contributed by atoms with Gasteiger partial charge < -0.3 is 9.64 Å². The van der Waals surface area contributed by atoms with Gasteiger partial charge in [-0.1, -0.05) is 35.9 Å². The van der Waals surface area contributed by atoms with Gasteiger partial charge in [-0.3, -0.25) is 4.79 Å². The van der Waals surface area contributed by atoms with E-state index in [1.54, 1.807) is 0 Å². The van der Waals surface area contributed by atoms with E-state index in [0.29, 0.717) is 36.9 Å². The first-order chi connectivity index (χ1) is 9.27. The molecule has 1 amide bonds. The van der Waals surface area contributed by atoms with E-state index in [0.717, 1.165) is 10.8 Å². The van der Waals surface area contributed by atoms with Crippen LogP contribution < -0.4 is 0 Å². The molecule has 2 aromatic rings. The molecule has 0 aliphatic carbocycles. The molecule has 0 saturated carbocycles. The van der Waals surface area contributed by atoms with Gasteiger partial charge in [0.1, 0.15) is 0 Å². The van der Waals surface area contributed by atoms with Crippen LogP contribution in [0, 0.1) is 0 Å². The van der Waals surface area contributed by atoms with Crippen LogP contribution in [-0.4, -0.2) is 37.1 Å². The third-order valence-electron chi connectivity index (χ3n) is 3.40. The second kappa shape index (κ2) is 5.19. The van der Waals surface area contributed by atoms with Crippen LogP contribution in [0.1, 0.15) is 10.4 Å². The Morgan fingerprint density at radius 1 is 1.05 bits per heavy atom. The molecule has 1 heterocycles. The second-order valence-corrected chi connectivity index (χ2v) is 4.95. The first-order valence-corrected chi connectivity index (χ1v) is 6.69. The van der Waals surface area contributed by atoms with E-state index in [2.05, 4.69) is 0 Å². The number of fused-ring (bicyclic) bond motifs is 1. The van der Waals surface area contributed by atoms with Crippen molar-refractivity contribution in [2.45, 2.75) is 0 Å². The molecule has 3 nitrogen and oxygen atoms in total. The number of carbonyl (C=O) groups excluding carboxylic acids is 1. The summed E-state index contributed by atoms with van der Waals surface area (Å²) in [6.07, 6.45) is 0. The van der Waals surface area contributed by atoms with Crippen LogP contribution in [0.15, 0.2) is 36.4 Å². The number of nitrogens with zero attached hydrogens (tertiary/aromatic N) is 1. The zero-order valence-electron chi connectivity index (χ0n) is 10.4. The summed E-state index contributed by atoms with van der Waals surface area (Å²) < 4.78 is 5.28. The van der Waals surface area contributed by atoms with E-state index >= 15 is 0 Å². The van der Waals surface area contributed by atoms with Crippen LogP contribution >= 0.6 is 11.6 Å². The zero-order chi connectivity index (χ0) is 13.2. The number of benzene rings is 2. The second-order valence-electron chi connectivity index (χ2n) is 4.55. The number of carbonyl (C=O) groups is 1. The average molecular weight is 276 g/mol. The van der Waals surface area contributed by atoms with Crippen LogP contribution in [0.25, 0.3) is 10.8 Å². The Morgan fingerprint density at radius 3 is 2.53 bits per heavy atom. The van der Waals surface area contributed by atoms with Gasteiger partial charge in [0.2, 0.25) is 0 Å². The van der Waals surface area contributed by atoms with Gasteiger partial charge in [-0.15, -0.1) is 0 Å². The third-order valence-corrected chi connectivity index (χ3v) is 3.73. The first-order valence-electron chi connectivity index (χ1n) is 6.31. The SMILES string of the molecule is O=C(c1cccc2c(Cl)cccc12)N1CCOCC1. The van der Waals surface area contributed by atoms with Crippen molar-refractivity contribution in [3.05, 3.63) is 47.0 Å². The molecule has 2 aromatic carbocycles. The molecular weight excluding hydrogens is 262 g/mol. The molecule has 0 unspecified atom stereocenters. The number of morpholine rings is 1. The molecule has 4 heteroatoms. The van der Waals surface area contributed by atoms with Crippen molar-refractivity contribution in [2.75, 3.05) is 26.3 Å². The molecule has 1 aliphatic heterocycles. The number of amides is 1. The van der Waals surface area contributed by atoms with Crippen molar-refractivity contribution in [1.82, 2.24) is 4.90 Å². The van der Waals surface area contributed by atoms with Crippen LogP contribution in [0.5, 0.6) is 0 Å². The molecule has 0 N–H and O–H groups in total. The highest BCUT2D eigenvalue weighted by Crippen LogP contribution is 2.26. The minimum Gasteiger partial charge on any atom is -0.378 e. The number of halogens is 1. The summed E-state index contributed by atoms with van der Waals surface area (Å²) in [5, 5.41) is 2.50. The Bertz CT molecular complexity index is 621. The van der Waals surface area contributed by atoms with E-state index in [9.17, 15) is 4.79 Å². The highest BCUT2D eigenvalue weighted by molar-refractivity contribution is 6.36. The molecule has 98 valence electrons. The fourth-order valence-corrected chi connectivity index (χ4v) is 2.63. The molecule has 0 spiro atoms. The van der Waals surface area contributed by atoms with Gasteiger partial charge in [-0.25, -0.2) is 0 Å². The van der Waals surface area contributed by atoms with Gasteiger partial charge >= 0.3 is 0 Å². The maximum absolute atomic E-state index is 12.6. The Kier molecular flexibility index (Phi) is 3.40. The maximum atomic E-state index is 12.6. The van der Waals surface area contributed by atoms with Crippen molar-refractivity contribution in [2.24, 2.45) is 0 Å². The summed E-state index contributed by atoms with van der Waals surface area (Å²) in [5.41, 5.74) is 0.710. The normalized spacial score (nSPS) is 15.7. The summed E-state index contributed by atoms with van der Waals surface area (Å²) in [7, 11) is 0. The summed E-state index contributed by atoms with van der Waals surface area (Å²) in [5.74, 6) is 0.0520. The van der Waals surface area contributed by atoms with Crippen molar-refractivity contribution in [3.63, 3.8) is 0 Å². The van der Waals surface area contributed by atoms with Crippen LogP contribution in [0.2, 0.25) is 5.02 Å². The predicted molar refractivity (Wildman–Crippen MR) is 75.7 cm³/mol. The lowest BCUT2D eigenvalue weighted by Crippen LogP contribution is -2.40. The van der Waals surface area contributed by atoms with Crippen LogP contribution in [-0.2, 0) is 4.74 Å². The van der Waals surface area contributed by atoms with Gasteiger partial charge in [0.05, 0.1) is 13.2 Å². The van der Waals surface area contributed by atoms with E-state index in [1.807, 2.05) is 41.3 Å². The van der Waals surface area contributed by atoms with E-state index in [1.165, 1.54) is 0 Å². The molecule has 0 bridgehead atoms. The van der Waals surface area contributed by atoms with Crippen molar-refractivity contribution < 1.29 is 9.53 Å². The zero-order valence-corrected chi connectivity index (χ0v) is 11.2. The van der Waals surface area contributed by atoms with Crippen molar-refractivity contribution in [1.29, 1.82) is 0 Å². The van der Waals surface area contributed by atoms with Crippen molar-refractivity contribution >= 4 is 28.3 Å². The Morgan fingerprint density at radius 2 is 1.74 bits per heavy atom. The number of rotatable bonds is 1. The fraction of sp³-hybridized carbons (Fsp3) is 0.267. The lowest BCUT2D eigenvalue weighted by molar-refractivity contribution is 0.0304. The largest absolute Gasteiger partial charge is 0.378 e. The summed E-state index contributed by atoms with van der Waals surface area (Å²) in [4.78, 5) is 14.4. The maximum Gasteiger partial charge on any atom is 0.254 e. The molecule has 19 heavy (non-hydrogen) atoms. The van der Waals surface area contributed by atoms with Gasteiger partial charge in [0, 0.05) is 29.1 Å².